The van der Waals surface area contributed by atoms with Crippen molar-refractivity contribution in [3.05, 3.63) is 36.3 Å². The van der Waals surface area contributed by atoms with E-state index in [9.17, 15) is 18.0 Å². The molecule has 1 unspecified atom stereocenters. The van der Waals surface area contributed by atoms with Gasteiger partial charge in [-0.25, -0.2) is 0 Å². The number of hydrogen-bond acceptors (Lipinski definition) is 3. The fourth-order valence-electron chi connectivity index (χ4n) is 1.02. The molecule has 0 saturated heterocycles. The molecule has 0 aliphatic carbocycles. The van der Waals surface area contributed by atoms with E-state index in [4.69, 9.17) is 9.52 Å². The van der Waals surface area contributed by atoms with Gasteiger partial charge in [0.1, 0.15) is 0 Å². The molecule has 6 heteroatoms. The van der Waals surface area contributed by atoms with Crippen molar-refractivity contribution in [3.63, 3.8) is 0 Å². The molecule has 0 spiro atoms. The van der Waals surface area contributed by atoms with Gasteiger partial charge in [0.15, 0.2) is 11.9 Å². The van der Waals surface area contributed by atoms with Gasteiger partial charge in [0.2, 0.25) is 5.78 Å². The van der Waals surface area contributed by atoms with E-state index in [0.29, 0.717) is 0 Å². The van der Waals surface area contributed by atoms with Crippen LogP contribution in [0.5, 0.6) is 0 Å². The molecule has 1 aromatic heterocycles. The van der Waals surface area contributed by atoms with Gasteiger partial charge >= 0.3 is 6.18 Å². The molecule has 16 heavy (non-hydrogen) atoms. The maximum atomic E-state index is 12.0. The van der Waals surface area contributed by atoms with Gasteiger partial charge in [-0.3, -0.25) is 4.79 Å². The molecular formula is C10H9F3O3. The Kier molecular flexibility index (Phi) is 3.54. The van der Waals surface area contributed by atoms with Crippen LogP contribution in [0.25, 0.3) is 0 Å². The van der Waals surface area contributed by atoms with Gasteiger partial charge in [-0.1, -0.05) is 6.58 Å². The summed E-state index contributed by atoms with van der Waals surface area (Å²) in [6.45, 7) is 3.19. The lowest BCUT2D eigenvalue weighted by molar-refractivity contribution is -0.202. The molecule has 0 radical (unpaired) electrons. The highest BCUT2D eigenvalue weighted by atomic mass is 19.4. The fraction of sp³-hybridized carbons (Fsp3) is 0.300. The molecule has 1 aromatic rings. The minimum absolute atomic E-state index is 0.0978. The highest BCUT2D eigenvalue weighted by Crippen LogP contribution is 2.25. The number of aliphatic hydroxyl groups excluding tert-OH is 1. The molecule has 1 rings (SSSR count). The van der Waals surface area contributed by atoms with Crippen molar-refractivity contribution in [1.82, 2.24) is 0 Å². The molecule has 0 amide bonds. The maximum absolute atomic E-state index is 12.0. The summed E-state index contributed by atoms with van der Waals surface area (Å²) >= 11 is 0. The summed E-state index contributed by atoms with van der Waals surface area (Å²) in [5.41, 5.74) is -0.347. The second kappa shape index (κ2) is 4.52. The number of ketones is 1. The number of Topliss-reactive ketones (excluding diaryl/α,β-unsaturated/α-hetero) is 1. The highest BCUT2D eigenvalue weighted by molar-refractivity contribution is 6.06. The SMILES string of the molecule is C=C(CC(O)C(F)(F)F)C(=O)c1ccco1. The number of halogens is 3. The van der Waals surface area contributed by atoms with E-state index in [-0.39, 0.29) is 11.3 Å². The summed E-state index contributed by atoms with van der Waals surface area (Å²) in [6.07, 6.45) is -6.98. The topological polar surface area (TPSA) is 50.4 Å². The third kappa shape index (κ3) is 2.96. The lowest BCUT2D eigenvalue weighted by atomic mass is 10.0. The van der Waals surface area contributed by atoms with Crippen molar-refractivity contribution >= 4 is 5.78 Å². The second-order valence-corrected chi connectivity index (χ2v) is 3.17. The number of alkyl halides is 3. The zero-order chi connectivity index (χ0) is 12.3. The van der Waals surface area contributed by atoms with E-state index in [0.717, 1.165) is 0 Å². The lowest BCUT2D eigenvalue weighted by Crippen LogP contribution is -2.29. The van der Waals surface area contributed by atoms with Gasteiger partial charge in [-0.05, 0) is 17.7 Å². The van der Waals surface area contributed by atoms with Crippen molar-refractivity contribution in [2.75, 3.05) is 0 Å². The smallest absolute Gasteiger partial charge is 0.414 e. The first kappa shape index (κ1) is 12.5. The number of hydrogen-bond donors (Lipinski definition) is 1. The van der Waals surface area contributed by atoms with Crippen LogP contribution in [0.1, 0.15) is 17.0 Å². The fourth-order valence-corrected chi connectivity index (χ4v) is 1.02. The van der Waals surface area contributed by atoms with Crippen LogP contribution < -0.4 is 0 Å². The van der Waals surface area contributed by atoms with Crippen molar-refractivity contribution in [2.24, 2.45) is 0 Å². The summed E-state index contributed by atoms with van der Waals surface area (Å²) < 4.78 is 40.7. The molecule has 1 N–H and O–H groups in total. The van der Waals surface area contributed by atoms with Crippen molar-refractivity contribution in [2.45, 2.75) is 18.7 Å². The van der Waals surface area contributed by atoms with Crippen LogP contribution in [-0.4, -0.2) is 23.2 Å². The Morgan fingerprint density at radius 2 is 2.19 bits per heavy atom. The Morgan fingerprint density at radius 1 is 1.56 bits per heavy atom. The van der Waals surface area contributed by atoms with Crippen molar-refractivity contribution < 1.29 is 27.5 Å². The van der Waals surface area contributed by atoms with E-state index in [2.05, 4.69) is 6.58 Å². The van der Waals surface area contributed by atoms with Gasteiger partial charge in [-0.2, -0.15) is 13.2 Å². The van der Waals surface area contributed by atoms with Crippen LogP contribution in [0.15, 0.2) is 35.0 Å². The van der Waals surface area contributed by atoms with E-state index < -0.39 is 24.5 Å². The van der Waals surface area contributed by atoms with Crippen LogP contribution in [0.4, 0.5) is 13.2 Å². The van der Waals surface area contributed by atoms with Crippen molar-refractivity contribution in [3.8, 4) is 0 Å². The third-order valence-corrected chi connectivity index (χ3v) is 1.88. The van der Waals surface area contributed by atoms with E-state index in [1.807, 2.05) is 0 Å². The summed E-state index contributed by atoms with van der Waals surface area (Å²) in [5, 5.41) is 8.73. The van der Waals surface area contributed by atoms with Gasteiger partial charge in [0, 0.05) is 6.42 Å². The first-order valence-corrected chi connectivity index (χ1v) is 4.33. The average molecular weight is 234 g/mol. The molecule has 1 atom stereocenters. The molecule has 0 aliphatic heterocycles. The lowest BCUT2D eigenvalue weighted by Gasteiger charge is -2.14. The Hall–Kier alpha value is -1.56. The van der Waals surface area contributed by atoms with E-state index in [1.165, 1.54) is 18.4 Å². The van der Waals surface area contributed by atoms with Crippen LogP contribution in [0.2, 0.25) is 0 Å². The van der Waals surface area contributed by atoms with Crippen LogP contribution in [0.3, 0.4) is 0 Å². The minimum atomic E-state index is -4.76. The van der Waals surface area contributed by atoms with Gasteiger partial charge in [0.05, 0.1) is 6.26 Å². The Balaban J connectivity index is 2.64. The van der Waals surface area contributed by atoms with Crippen LogP contribution in [-0.2, 0) is 0 Å². The second-order valence-electron chi connectivity index (χ2n) is 3.17. The highest BCUT2D eigenvalue weighted by Gasteiger charge is 2.39. The van der Waals surface area contributed by atoms with E-state index >= 15 is 0 Å². The standard InChI is InChI=1S/C10H9F3O3/c1-6(5-8(14)10(11,12)13)9(15)7-3-2-4-16-7/h2-4,8,14H,1,5H2. The predicted molar refractivity (Wildman–Crippen MR) is 48.9 cm³/mol. The molecule has 0 fully saturated rings. The predicted octanol–water partition coefficient (Wildman–Crippen LogP) is 2.33. The summed E-state index contributed by atoms with van der Waals surface area (Å²) in [6, 6.07) is 2.74. The first-order valence-electron chi connectivity index (χ1n) is 4.33. The summed E-state index contributed by atoms with van der Waals surface area (Å²) in [4.78, 5) is 11.4. The minimum Gasteiger partial charge on any atom is -0.461 e. The number of furan rings is 1. The molecule has 0 saturated carbocycles. The zero-order valence-electron chi connectivity index (χ0n) is 8.12. The number of carbonyl (C=O) groups is 1. The monoisotopic (exact) mass is 234 g/mol. The van der Waals surface area contributed by atoms with Crippen LogP contribution >= 0.6 is 0 Å². The molecule has 0 aromatic carbocycles. The van der Waals surface area contributed by atoms with Crippen molar-refractivity contribution in [1.29, 1.82) is 0 Å². The van der Waals surface area contributed by atoms with Gasteiger partial charge in [-0.15, -0.1) is 0 Å². The summed E-state index contributed by atoms with van der Waals surface area (Å²) in [5.74, 6) is -0.840. The Labute approximate surface area is 89.2 Å². The molecule has 0 aliphatic rings. The normalized spacial score (nSPS) is 13.5. The number of aliphatic hydroxyl groups is 1. The molecular weight excluding hydrogens is 225 g/mol. The average Bonchev–Trinajstić information content (AvgIpc) is 2.67. The zero-order valence-corrected chi connectivity index (χ0v) is 8.12. The van der Waals surface area contributed by atoms with E-state index in [1.54, 1.807) is 0 Å². The Bertz CT molecular complexity index is 379. The largest absolute Gasteiger partial charge is 0.461 e. The first-order chi connectivity index (χ1) is 7.32. The maximum Gasteiger partial charge on any atom is 0.414 e. The van der Waals surface area contributed by atoms with Gasteiger partial charge < -0.3 is 9.52 Å². The third-order valence-electron chi connectivity index (χ3n) is 1.88. The van der Waals surface area contributed by atoms with Gasteiger partial charge in [0.25, 0.3) is 0 Å². The van der Waals surface area contributed by atoms with Crippen LogP contribution in [0, 0.1) is 0 Å². The Morgan fingerprint density at radius 3 is 2.62 bits per heavy atom. The number of carbonyl (C=O) groups excluding carboxylic acids is 1. The number of rotatable bonds is 4. The summed E-state index contributed by atoms with van der Waals surface area (Å²) in [7, 11) is 0. The molecule has 88 valence electrons. The molecule has 0 bridgehead atoms. The molecule has 1 heterocycles. The quantitative estimate of drug-likeness (QED) is 0.642. The molecule has 3 nitrogen and oxygen atoms in total.